The molecule has 5 heteroatoms. The Bertz CT molecular complexity index is 456. The van der Waals surface area contributed by atoms with Crippen LogP contribution in [0.15, 0.2) is 12.1 Å². The van der Waals surface area contributed by atoms with Crippen LogP contribution in [0.2, 0.25) is 0 Å². The third kappa shape index (κ3) is 2.79. The number of amides is 1. The van der Waals surface area contributed by atoms with E-state index in [0.717, 1.165) is 25.9 Å². The summed E-state index contributed by atoms with van der Waals surface area (Å²) in [6, 6.07) is 3.88. The molecule has 1 aliphatic heterocycles. The zero-order valence-corrected chi connectivity index (χ0v) is 11.5. The number of carbonyl (C=O) groups excluding carboxylic acids is 2. The molecule has 18 heavy (non-hydrogen) atoms. The number of nitrogens with zero attached hydrogens (tertiary/aromatic N) is 1. The van der Waals surface area contributed by atoms with Gasteiger partial charge in [0.05, 0.1) is 9.75 Å². The van der Waals surface area contributed by atoms with Crippen LogP contribution in [0.4, 0.5) is 0 Å². The molecule has 0 aliphatic carbocycles. The molecule has 1 unspecified atom stereocenters. The summed E-state index contributed by atoms with van der Waals surface area (Å²) in [4.78, 5) is 26.7. The predicted molar refractivity (Wildman–Crippen MR) is 72.3 cm³/mol. The first-order valence-corrected chi connectivity index (χ1v) is 7.00. The largest absolute Gasteiger partial charge is 0.336 e. The Labute approximate surface area is 111 Å². The summed E-state index contributed by atoms with van der Waals surface area (Å²) in [5.74, 6) is 0.0678. The summed E-state index contributed by atoms with van der Waals surface area (Å²) in [6.45, 7) is 3.09. The van der Waals surface area contributed by atoms with E-state index in [1.54, 1.807) is 12.1 Å². The Morgan fingerprint density at radius 1 is 1.39 bits per heavy atom. The fraction of sp³-hybridized carbons (Fsp3) is 0.538. The Morgan fingerprint density at radius 2 is 2.11 bits per heavy atom. The number of ketones is 1. The molecule has 4 nitrogen and oxygen atoms in total. The van der Waals surface area contributed by atoms with Gasteiger partial charge in [-0.1, -0.05) is 0 Å². The summed E-state index contributed by atoms with van der Waals surface area (Å²) >= 11 is 1.29. The average molecular weight is 266 g/mol. The monoisotopic (exact) mass is 266 g/mol. The van der Waals surface area contributed by atoms with Crippen molar-refractivity contribution in [3.63, 3.8) is 0 Å². The van der Waals surface area contributed by atoms with Crippen molar-refractivity contribution in [3.05, 3.63) is 21.9 Å². The average Bonchev–Trinajstić information content (AvgIpc) is 2.87. The van der Waals surface area contributed by atoms with Gasteiger partial charge in [0.2, 0.25) is 0 Å². The van der Waals surface area contributed by atoms with Gasteiger partial charge in [-0.15, -0.1) is 11.3 Å². The van der Waals surface area contributed by atoms with E-state index in [4.69, 9.17) is 0 Å². The number of likely N-dealkylation sites (N-methyl/N-ethyl adjacent to an activating group) is 1. The van der Waals surface area contributed by atoms with Gasteiger partial charge in [-0.2, -0.15) is 0 Å². The molecule has 0 radical (unpaired) electrons. The van der Waals surface area contributed by atoms with Crippen molar-refractivity contribution in [2.45, 2.75) is 25.8 Å². The number of piperidine rings is 1. The maximum atomic E-state index is 12.3. The molecule has 1 amide bonds. The molecule has 1 aromatic heterocycles. The zero-order chi connectivity index (χ0) is 13.1. The van der Waals surface area contributed by atoms with E-state index < -0.39 is 0 Å². The lowest BCUT2D eigenvalue weighted by Gasteiger charge is -2.32. The van der Waals surface area contributed by atoms with Crippen LogP contribution < -0.4 is 5.32 Å². The van der Waals surface area contributed by atoms with Crippen molar-refractivity contribution in [1.29, 1.82) is 0 Å². The SMILES string of the molecule is CNC1CCCN(C(=O)c2ccc(C(C)=O)s2)C1. The molecule has 0 saturated carbocycles. The number of Topliss-reactive ketones (excluding diaryl/α,β-unsaturated/α-hetero) is 1. The van der Waals surface area contributed by atoms with Crippen molar-refractivity contribution in [2.75, 3.05) is 20.1 Å². The van der Waals surface area contributed by atoms with Crippen LogP contribution in [0.25, 0.3) is 0 Å². The van der Waals surface area contributed by atoms with E-state index in [2.05, 4.69) is 5.32 Å². The third-order valence-corrected chi connectivity index (χ3v) is 4.45. The molecule has 1 saturated heterocycles. The van der Waals surface area contributed by atoms with E-state index in [1.165, 1.54) is 18.3 Å². The predicted octanol–water partition coefficient (Wildman–Crippen LogP) is 1.77. The van der Waals surface area contributed by atoms with Crippen molar-refractivity contribution in [2.24, 2.45) is 0 Å². The van der Waals surface area contributed by atoms with Gasteiger partial charge in [0.25, 0.3) is 5.91 Å². The molecule has 0 spiro atoms. The summed E-state index contributed by atoms with van der Waals surface area (Å²) in [7, 11) is 1.93. The van der Waals surface area contributed by atoms with Crippen LogP contribution in [0, 0.1) is 0 Å². The van der Waals surface area contributed by atoms with Gasteiger partial charge in [0.15, 0.2) is 5.78 Å². The quantitative estimate of drug-likeness (QED) is 0.848. The second-order valence-electron chi connectivity index (χ2n) is 4.60. The van der Waals surface area contributed by atoms with Crippen LogP contribution in [-0.2, 0) is 0 Å². The Balaban J connectivity index is 2.07. The second-order valence-corrected chi connectivity index (χ2v) is 5.68. The Morgan fingerprint density at radius 3 is 2.72 bits per heavy atom. The highest BCUT2D eigenvalue weighted by atomic mass is 32.1. The highest BCUT2D eigenvalue weighted by Crippen LogP contribution is 2.21. The van der Waals surface area contributed by atoms with Gasteiger partial charge < -0.3 is 10.2 Å². The van der Waals surface area contributed by atoms with E-state index in [-0.39, 0.29) is 11.7 Å². The molecule has 1 fully saturated rings. The molecule has 1 atom stereocenters. The number of likely N-dealkylation sites (tertiary alicyclic amines) is 1. The fourth-order valence-corrected chi connectivity index (χ4v) is 3.06. The first-order chi connectivity index (χ1) is 8.61. The minimum atomic E-state index is 0.0193. The van der Waals surface area contributed by atoms with Crippen LogP contribution >= 0.6 is 11.3 Å². The minimum Gasteiger partial charge on any atom is -0.336 e. The maximum Gasteiger partial charge on any atom is 0.263 e. The zero-order valence-electron chi connectivity index (χ0n) is 10.7. The smallest absolute Gasteiger partial charge is 0.263 e. The van der Waals surface area contributed by atoms with Crippen molar-refractivity contribution in [3.8, 4) is 0 Å². The lowest BCUT2D eigenvalue weighted by molar-refractivity contribution is 0.0703. The van der Waals surface area contributed by atoms with E-state index in [1.807, 2.05) is 11.9 Å². The van der Waals surface area contributed by atoms with Gasteiger partial charge in [0, 0.05) is 19.1 Å². The second kappa shape index (κ2) is 5.63. The first kappa shape index (κ1) is 13.2. The van der Waals surface area contributed by atoms with E-state index >= 15 is 0 Å². The molecule has 0 aromatic carbocycles. The number of thiophene rings is 1. The molecule has 1 aromatic rings. The summed E-state index contributed by atoms with van der Waals surface area (Å²) in [6.07, 6.45) is 2.14. The Kier molecular flexibility index (Phi) is 4.14. The number of rotatable bonds is 3. The van der Waals surface area contributed by atoms with Crippen molar-refractivity contribution in [1.82, 2.24) is 10.2 Å². The molecular weight excluding hydrogens is 248 g/mol. The van der Waals surface area contributed by atoms with Gasteiger partial charge >= 0.3 is 0 Å². The molecule has 1 aliphatic rings. The number of hydrogen-bond donors (Lipinski definition) is 1. The van der Waals surface area contributed by atoms with Gasteiger partial charge in [-0.05, 0) is 38.9 Å². The molecule has 1 N–H and O–H groups in total. The highest BCUT2D eigenvalue weighted by molar-refractivity contribution is 7.15. The van der Waals surface area contributed by atoms with Crippen LogP contribution in [0.3, 0.4) is 0 Å². The number of hydrogen-bond acceptors (Lipinski definition) is 4. The number of nitrogens with one attached hydrogen (secondary N) is 1. The topological polar surface area (TPSA) is 49.4 Å². The fourth-order valence-electron chi connectivity index (χ4n) is 2.20. The molecule has 2 rings (SSSR count). The van der Waals surface area contributed by atoms with Crippen LogP contribution in [-0.4, -0.2) is 42.8 Å². The molecule has 0 bridgehead atoms. The Hall–Kier alpha value is -1.20. The highest BCUT2D eigenvalue weighted by Gasteiger charge is 2.24. The van der Waals surface area contributed by atoms with Crippen LogP contribution in [0.5, 0.6) is 0 Å². The van der Waals surface area contributed by atoms with Crippen molar-refractivity contribution >= 4 is 23.0 Å². The van der Waals surface area contributed by atoms with Gasteiger partial charge in [-0.25, -0.2) is 0 Å². The summed E-state index contributed by atoms with van der Waals surface area (Å²) in [5, 5.41) is 3.22. The number of carbonyl (C=O) groups is 2. The normalized spacial score (nSPS) is 19.9. The van der Waals surface area contributed by atoms with E-state index in [0.29, 0.717) is 15.8 Å². The minimum absolute atomic E-state index is 0.0193. The molecule has 2 heterocycles. The van der Waals surface area contributed by atoms with Gasteiger partial charge in [0.1, 0.15) is 0 Å². The first-order valence-electron chi connectivity index (χ1n) is 6.19. The molecular formula is C13H18N2O2S. The third-order valence-electron chi connectivity index (χ3n) is 3.28. The standard InChI is InChI=1S/C13H18N2O2S/c1-9(16)11-5-6-12(18-11)13(17)15-7-3-4-10(8-15)14-2/h5-6,10,14H,3-4,7-8H2,1-2H3. The molecule has 98 valence electrons. The van der Waals surface area contributed by atoms with Crippen LogP contribution in [0.1, 0.15) is 39.1 Å². The summed E-state index contributed by atoms with van der Waals surface area (Å²) in [5.41, 5.74) is 0. The lowest BCUT2D eigenvalue weighted by Crippen LogP contribution is -2.46. The van der Waals surface area contributed by atoms with E-state index in [9.17, 15) is 9.59 Å². The lowest BCUT2D eigenvalue weighted by atomic mass is 10.1. The van der Waals surface area contributed by atoms with Crippen molar-refractivity contribution < 1.29 is 9.59 Å². The van der Waals surface area contributed by atoms with Gasteiger partial charge in [-0.3, -0.25) is 9.59 Å². The summed E-state index contributed by atoms with van der Waals surface area (Å²) < 4.78 is 0. The maximum absolute atomic E-state index is 12.3.